The Balaban J connectivity index is -0.000000257. The van der Waals surface area contributed by atoms with Crippen molar-refractivity contribution in [2.75, 3.05) is 51.4 Å². The maximum Gasteiger partial charge on any atom is 1.00 e. The van der Waals surface area contributed by atoms with E-state index in [0.29, 0.717) is 78.3 Å². The molecule has 0 aromatic heterocycles. The molecule has 19 heteroatoms. The molecule has 0 bridgehead atoms. The zero-order valence-corrected chi connectivity index (χ0v) is 55.8. The van der Waals surface area contributed by atoms with E-state index in [2.05, 4.69) is 83.1 Å². The minimum absolute atomic E-state index is 0. The van der Waals surface area contributed by atoms with Crippen LogP contribution >= 0.6 is 53.3 Å². The molecule has 0 spiro atoms. The first-order valence-corrected chi connectivity index (χ1v) is 32.6. The molecular formula is C53H106AlCl5Na2O11. The summed E-state index contributed by atoms with van der Waals surface area (Å²) in [6.45, 7) is 30.2. The Morgan fingerprint density at radius 1 is 0.528 bits per heavy atom. The molecule has 6 N–H and O–H groups in total. The van der Waals surface area contributed by atoms with Crippen LogP contribution in [0.5, 0.6) is 0 Å². The van der Waals surface area contributed by atoms with E-state index in [-0.39, 0.29) is 109 Å². The molecule has 4 aliphatic carbocycles. The molecule has 6 rings (SSSR count). The molecule has 2 heterocycles. The zero-order chi connectivity index (χ0) is 50.8. The maximum atomic E-state index is 9.71. The van der Waals surface area contributed by atoms with Gasteiger partial charge in [-0.05, 0) is 122 Å². The molecule has 16 atom stereocenters. The van der Waals surface area contributed by atoms with E-state index in [1.165, 1.54) is 57.8 Å². The van der Waals surface area contributed by atoms with Crippen LogP contribution in [0.1, 0.15) is 168 Å². The molecule has 0 aromatic carbocycles. The van der Waals surface area contributed by atoms with Crippen molar-refractivity contribution < 1.29 is 114 Å². The molecule has 0 radical (unpaired) electrons. The number of epoxide rings is 2. The molecule has 0 aromatic rings. The van der Waals surface area contributed by atoms with Crippen LogP contribution in [0, 0.1) is 71.0 Å². The second-order valence-corrected chi connectivity index (χ2v) is 29.5. The van der Waals surface area contributed by atoms with Crippen LogP contribution in [-0.4, -0.2) is 143 Å². The Labute approximate surface area is 512 Å². The van der Waals surface area contributed by atoms with Gasteiger partial charge in [-0.2, -0.15) is 0 Å². The van der Waals surface area contributed by atoms with Gasteiger partial charge in [0.25, 0.3) is 0 Å². The normalized spacial score (nSPS) is 32.0. The summed E-state index contributed by atoms with van der Waals surface area (Å²) in [4.78, 5) is 0. The summed E-state index contributed by atoms with van der Waals surface area (Å²) in [5.74, 6) is 9.21. The number of rotatable bonds is 16. The van der Waals surface area contributed by atoms with Crippen molar-refractivity contribution in [2.45, 2.75) is 216 Å². The molecule has 6 aliphatic rings. The number of ether oxygens (including phenoxy) is 5. The topological polar surface area (TPSA) is 194 Å². The molecule has 72 heavy (non-hydrogen) atoms. The average Bonchev–Trinajstić information content (AvgIpc) is 4.20. The van der Waals surface area contributed by atoms with Crippen LogP contribution in [-0.2, 0) is 23.7 Å². The first-order chi connectivity index (χ1) is 31.5. The molecule has 4 unspecified atom stereocenters. The van der Waals surface area contributed by atoms with Crippen molar-refractivity contribution in [3.63, 3.8) is 0 Å². The Kier molecular flexibility index (Phi) is 56.4. The van der Waals surface area contributed by atoms with Gasteiger partial charge in [0, 0.05) is 0 Å². The SMILES string of the molecule is C.CC(C)[C@@H]1CC[C@@H](C)C[C@@H]1O.CC(C)[C@@H]1CC[C@@H](C)C[C@@H]1OCC(O)CCl.CC(C)[C@@H]1CC[C@@H](C)C[C@@H]1OCC(O)CO.CC(C)[C@@H]1CC[C@@H](C)C[C@@H]1OCC1CO1.ClCC1CO1.[Cl][Al]([Cl])[Cl].[Na+].[Na+].[OH-].[OH-]. The smallest absolute Gasteiger partial charge is 0.870 e. The van der Waals surface area contributed by atoms with E-state index in [0.717, 1.165) is 68.7 Å². The maximum absolute atomic E-state index is 9.71. The van der Waals surface area contributed by atoms with Crippen molar-refractivity contribution in [3.05, 3.63) is 0 Å². The largest absolute Gasteiger partial charge is 1.00 e. The van der Waals surface area contributed by atoms with E-state index in [4.69, 9.17) is 82.1 Å². The van der Waals surface area contributed by atoms with Gasteiger partial charge in [-0.15, -0.1) is 23.2 Å². The van der Waals surface area contributed by atoms with Gasteiger partial charge < -0.3 is 55.1 Å². The Hall–Kier alpha value is 3.54. The first-order valence-electron chi connectivity index (χ1n) is 26.3. The van der Waals surface area contributed by atoms with E-state index in [1.807, 2.05) is 0 Å². The summed E-state index contributed by atoms with van der Waals surface area (Å²) >= 11 is 9.12. The summed E-state index contributed by atoms with van der Waals surface area (Å²) in [5.41, 5.74) is 0. The van der Waals surface area contributed by atoms with E-state index < -0.39 is 23.6 Å². The number of alkyl halides is 2. The van der Waals surface area contributed by atoms with Crippen LogP contribution < -0.4 is 59.1 Å². The predicted molar refractivity (Wildman–Crippen MR) is 295 cm³/mol. The number of aliphatic hydroxyl groups excluding tert-OH is 4. The standard InChI is InChI=1S/C13H25ClO2.C13H26O3.C13H24O2.C10H20O.C3H5ClO.CH4.Al.3ClH.2Na.2H2O/c2*1-9(2)12-5-4-10(3)6-13(12)16-8-11(15)7-14;1-9(2)12-5-4-10(3)6-13(12)15-8-11-7-14-11;1-7(2)9-5-4-8(3)6-10(9)11;4-1-3-2-5-3;;;;;;;;;/h9-13,15H,4-8H2,1-3H3;9-15H,4-8H2,1-3H3;9-13H,4-8H2,1-3H3;7-11H,4-6H2,1-3H3;3H,1-2H2;1H4;;3*1H;;;2*1H2/q;;;;;;+3;;;;2*+1;;/p-5/t3*10-,11?,12+,13+;8-,9+,10+;;;;;;;;;;/m1111........../s1. The number of hydrogen-bond donors (Lipinski definition) is 4. The van der Waals surface area contributed by atoms with Crippen LogP contribution in [0.25, 0.3) is 0 Å². The molecule has 6 fully saturated rings. The van der Waals surface area contributed by atoms with Crippen LogP contribution in [0.4, 0.5) is 0 Å². The molecule has 2 aliphatic heterocycles. The van der Waals surface area contributed by atoms with Crippen LogP contribution in [0.15, 0.2) is 0 Å². The second kappa shape index (κ2) is 48.1. The first kappa shape index (κ1) is 84.4. The predicted octanol–water partition coefficient (Wildman–Crippen LogP) is 6.78. The fourth-order valence-electron chi connectivity index (χ4n) is 10.2. The summed E-state index contributed by atoms with van der Waals surface area (Å²) < 4.78 is 27.6. The summed E-state index contributed by atoms with van der Waals surface area (Å²) in [5, 5.41) is 37.2. The summed E-state index contributed by atoms with van der Waals surface area (Å²) in [6.07, 6.45) is 15.4. The van der Waals surface area contributed by atoms with E-state index in [1.54, 1.807) is 0 Å². The Bertz CT molecular complexity index is 1160. The Morgan fingerprint density at radius 3 is 1.10 bits per heavy atom. The van der Waals surface area contributed by atoms with Crippen molar-refractivity contribution in [3.8, 4) is 0 Å². The minimum Gasteiger partial charge on any atom is -0.870 e. The average molecular weight is 1170 g/mol. The molecular weight excluding hydrogens is 1060 g/mol. The molecule has 424 valence electrons. The molecule has 4 saturated carbocycles. The number of halogens is 5. The van der Waals surface area contributed by atoms with E-state index >= 15 is 0 Å². The van der Waals surface area contributed by atoms with Gasteiger partial charge in [0.2, 0.25) is 0 Å². The van der Waals surface area contributed by atoms with Gasteiger partial charge in [0.15, 0.2) is 0 Å². The fourth-order valence-corrected chi connectivity index (χ4v) is 10.5. The van der Waals surface area contributed by atoms with Gasteiger partial charge in [0.05, 0.1) is 88.0 Å². The number of hydrogen-bond acceptors (Lipinski definition) is 11. The van der Waals surface area contributed by atoms with Gasteiger partial charge in [0.1, 0.15) is 12.2 Å². The van der Waals surface area contributed by atoms with Gasteiger partial charge in [-0.25, -0.2) is 30.1 Å². The Morgan fingerprint density at radius 2 is 0.833 bits per heavy atom. The van der Waals surface area contributed by atoms with E-state index in [9.17, 15) is 15.3 Å². The second-order valence-electron chi connectivity index (χ2n) is 22.4. The van der Waals surface area contributed by atoms with Crippen LogP contribution in [0.3, 0.4) is 0 Å². The molecule has 11 nitrogen and oxygen atoms in total. The van der Waals surface area contributed by atoms with Crippen molar-refractivity contribution >= 4 is 64.7 Å². The third-order valence-corrected chi connectivity index (χ3v) is 15.4. The minimum atomic E-state index is -1.72. The third kappa shape index (κ3) is 39.9. The molecule has 0 amide bonds. The zero-order valence-electron chi connectivity index (χ0n) is 46.9. The van der Waals surface area contributed by atoms with Crippen molar-refractivity contribution in [2.24, 2.45) is 71.0 Å². The summed E-state index contributed by atoms with van der Waals surface area (Å²) in [7, 11) is 14.8. The van der Waals surface area contributed by atoms with Gasteiger partial charge in [-0.1, -0.05) is 116 Å². The fraction of sp³-hybridized carbons (Fsp3) is 1.00. The van der Waals surface area contributed by atoms with Gasteiger partial charge in [-0.3, -0.25) is 0 Å². The third-order valence-electron chi connectivity index (χ3n) is 14.7. The van der Waals surface area contributed by atoms with Crippen molar-refractivity contribution in [1.82, 2.24) is 0 Å². The van der Waals surface area contributed by atoms with Crippen LogP contribution in [0.2, 0.25) is 0 Å². The quantitative estimate of drug-likeness (QED) is 0.0723. The number of aliphatic hydroxyl groups is 4. The monoisotopic (exact) mass is 1170 g/mol. The van der Waals surface area contributed by atoms with Gasteiger partial charge >= 0.3 is 70.5 Å². The van der Waals surface area contributed by atoms with Crippen molar-refractivity contribution in [1.29, 1.82) is 0 Å². The summed E-state index contributed by atoms with van der Waals surface area (Å²) in [6, 6.07) is 0. The molecule has 2 saturated heterocycles.